The van der Waals surface area contributed by atoms with E-state index in [2.05, 4.69) is 33.4 Å². The standard InChI is InChI=1S/C23H30N4O2/c1-3-26-13-15-27(16-14-26)21-12-8-7-11-20(21)25-22(28)17-18(2)24-23(29)19-9-5-4-6-10-19/h4-12,18H,3,13-17H2,1-2H3,(H,24,29)(H,25,28). The van der Waals surface area contributed by atoms with Crippen molar-refractivity contribution in [2.45, 2.75) is 26.3 Å². The van der Waals surface area contributed by atoms with E-state index in [0.717, 1.165) is 44.1 Å². The number of amides is 2. The number of para-hydroxylation sites is 2. The third-order valence-corrected chi connectivity index (χ3v) is 5.24. The van der Waals surface area contributed by atoms with Crippen molar-refractivity contribution in [1.29, 1.82) is 0 Å². The Labute approximate surface area is 172 Å². The summed E-state index contributed by atoms with van der Waals surface area (Å²) in [5, 5.41) is 5.92. The molecule has 29 heavy (non-hydrogen) atoms. The fourth-order valence-electron chi connectivity index (χ4n) is 3.59. The van der Waals surface area contributed by atoms with Gasteiger partial charge >= 0.3 is 0 Å². The van der Waals surface area contributed by atoms with E-state index in [9.17, 15) is 9.59 Å². The molecule has 0 saturated carbocycles. The van der Waals surface area contributed by atoms with Gasteiger partial charge in [0.1, 0.15) is 0 Å². The van der Waals surface area contributed by atoms with Crippen LogP contribution in [-0.2, 0) is 4.79 Å². The van der Waals surface area contributed by atoms with Gasteiger partial charge < -0.3 is 20.4 Å². The van der Waals surface area contributed by atoms with Crippen LogP contribution in [0.5, 0.6) is 0 Å². The fourth-order valence-corrected chi connectivity index (χ4v) is 3.59. The average Bonchev–Trinajstić information content (AvgIpc) is 2.74. The topological polar surface area (TPSA) is 64.7 Å². The Kier molecular flexibility index (Phi) is 7.25. The van der Waals surface area contributed by atoms with Crippen molar-refractivity contribution in [3.63, 3.8) is 0 Å². The summed E-state index contributed by atoms with van der Waals surface area (Å²) in [5.74, 6) is -0.273. The van der Waals surface area contributed by atoms with E-state index in [-0.39, 0.29) is 24.3 Å². The number of likely N-dealkylation sites (N-methyl/N-ethyl adjacent to an activating group) is 1. The van der Waals surface area contributed by atoms with Crippen LogP contribution in [0.3, 0.4) is 0 Å². The van der Waals surface area contributed by atoms with Crippen molar-refractivity contribution in [2.24, 2.45) is 0 Å². The van der Waals surface area contributed by atoms with E-state index in [1.165, 1.54) is 0 Å². The summed E-state index contributed by atoms with van der Waals surface area (Å²) in [4.78, 5) is 29.6. The van der Waals surface area contributed by atoms with Gasteiger partial charge in [0.25, 0.3) is 5.91 Å². The minimum Gasteiger partial charge on any atom is -0.367 e. The summed E-state index contributed by atoms with van der Waals surface area (Å²) >= 11 is 0. The van der Waals surface area contributed by atoms with Crippen molar-refractivity contribution in [3.8, 4) is 0 Å². The summed E-state index contributed by atoms with van der Waals surface area (Å²) in [6.45, 7) is 9.05. The SMILES string of the molecule is CCN1CCN(c2ccccc2NC(=O)CC(C)NC(=O)c2ccccc2)CC1. The normalized spacial score (nSPS) is 15.6. The highest BCUT2D eigenvalue weighted by molar-refractivity contribution is 5.96. The van der Waals surface area contributed by atoms with Crippen LogP contribution in [0, 0.1) is 0 Å². The first-order chi connectivity index (χ1) is 14.1. The number of hydrogen-bond donors (Lipinski definition) is 2. The van der Waals surface area contributed by atoms with Crippen molar-refractivity contribution < 1.29 is 9.59 Å². The molecule has 1 aliphatic heterocycles. The van der Waals surface area contributed by atoms with Gasteiger partial charge in [0, 0.05) is 44.2 Å². The smallest absolute Gasteiger partial charge is 0.251 e. The number of rotatable bonds is 7. The van der Waals surface area contributed by atoms with Gasteiger partial charge in [-0.2, -0.15) is 0 Å². The number of anilines is 2. The van der Waals surface area contributed by atoms with Crippen LogP contribution in [0.25, 0.3) is 0 Å². The molecule has 0 aliphatic carbocycles. The molecule has 1 atom stereocenters. The highest BCUT2D eigenvalue weighted by Crippen LogP contribution is 2.26. The maximum Gasteiger partial charge on any atom is 0.251 e. The quantitative estimate of drug-likeness (QED) is 0.758. The second kappa shape index (κ2) is 10.1. The number of benzene rings is 2. The van der Waals surface area contributed by atoms with E-state index in [4.69, 9.17) is 0 Å². The van der Waals surface area contributed by atoms with Crippen molar-refractivity contribution >= 4 is 23.2 Å². The Morgan fingerprint density at radius 2 is 1.62 bits per heavy atom. The first kappa shape index (κ1) is 20.9. The number of carbonyl (C=O) groups excluding carboxylic acids is 2. The molecule has 0 aromatic heterocycles. The molecule has 1 aliphatic rings. The third kappa shape index (κ3) is 5.81. The second-order valence-corrected chi connectivity index (χ2v) is 7.43. The van der Waals surface area contributed by atoms with Gasteiger partial charge in [-0.15, -0.1) is 0 Å². The first-order valence-corrected chi connectivity index (χ1v) is 10.3. The zero-order valence-corrected chi connectivity index (χ0v) is 17.2. The Hall–Kier alpha value is -2.86. The number of carbonyl (C=O) groups is 2. The number of nitrogens with one attached hydrogen (secondary N) is 2. The van der Waals surface area contributed by atoms with Crippen molar-refractivity contribution in [1.82, 2.24) is 10.2 Å². The van der Waals surface area contributed by atoms with Gasteiger partial charge in [0.2, 0.25) is 5.91 Å². The molecule has 3 rings (SSSR count). The van der Waals surface area contributed by atoms with E-state index in [0.29, 0.717) is 5.56 Å². The van der Waals surface area contributed by atoms with E-state index >= 15 is 0 Å². The maximum atomic E-state index is 12.6. The molecule has 1 unspecified atom stereocenters. The monoisotopic (exact) mass is 394 g/mol. The van der Waals surface area contributed by atoms with Gasteiger partial charge in [-0.3, -0.25) is 9.59 Å². The average molecular weight is 395 g/mol. The van der Waals surface area contributed by atoms with Gasteiger partial charge in [0.05, 0.1) is 11.4 Å². The molecule has 1 fully saturated rings. The molecule has 0 radical (unpaired) electrons. The second-order valence-electron chi connectivity index (χ2n) is 7.43. The van der Waals surface area contributed by atoms with Crippen LogP contribution >= 0.6 is 0 Å². The third-order valence-electron chi connectivity index (χ3n) is 5.24. The molecule has 1 heterocycles. The molecule has 2 N–H and O–H groups in total. The first-order valence-electron chi connectivity index (χ1n) is 10.3. The summed E-state index contributed by atoms with van der Waals surface area (Å²) < 4.78 is 0. The van der Waals surface area contributed by atoms with Crippen LogP contribution in [-0.4, -0.2) is 55.5 Å². The minimum atomic E-state index is -0.261. The van der Waals surface area contributed by atoms with Gasteiger partial charge in [-0.05, 0) is 37.7 Å². The summed E-state index contributed by atoms with van der Waals surface area (Å²) in [5.41, 5.74) is 2.47. The summed E-state index contributed by atoms with van der Waals surface area (Å²) in [7, 11) is 0. The largest absolute Gasteiger partial charge is 0.367 e. The minimum absolute atomic E-state index is 0.106. The Morgan fingerprint density at radius 1 is 0.966 bits per heavy atom. The summed E-state index contributed by atoms with van der Waals surface area (Å²) in [6.07, 6.45) is 0.219. The van der Waals surface area contributed by atoms with E-state index in [1.807, 2.05) is 43.3 Å². The number of nitrogens with zero attached hydrogens (tertiary/aromatic N) is 2. The number of piperazine rings is 1. The molecule has 2 aromatic rings. The zero-order valence-electron chi connectivity index (χ0n) is 17.2. The Bertz CT molecular complexity index is 817. The molecule has 2 amide bonds. The highest BCUT2D eigenvalue weighted by atomic mass is 16.2. The number of hydrogen-bond acceptors (Lipinski definition) is 4. The highest BCUT2D eigenvalue weighted by Gasteiger charge is 2.19. The lowest BCUT2D eigenvalue weighted by Gasteiger charge is -2.36. The van der Waals surface area contributed by atoms with Crippen LogP contribution in [0.4, 0.5) is 11.4 Å². The maximum absolute atomic E-state index is 12.6. The predicted molar refractivity (Wildman–Crippen MR) is 117 cm³/mol. The predicted octanol–water partition coefficient (Wildman–Crippen LogP) is 2.98. The lowest BCUT2D eigenvalue weighted by molar-refractivity contribution is -0.116. The van der Waals surface area contributed by atoms with Gasteiger partial charge in [-0.25, -0.2) is 0 Å². The molecular formula is C23H30N4O2. The van der Waals surface area contributed by atoms with Crippen LogP contribution in [0.15, 0.2) is 54.6 Å². The Morgan fingerprint density at radius 3 is 2.31 bits per heavy atom. The van der Waals surface area contributed by atoms with E-state index < -0.39 is 0 Å². The fraction of sp³-hybridized carbons (Fsp3) is 0.391. The molecular weight excluding hydrogens is 364 g/mol. The molecule has 2 aromatic carbocycles. The lowest BCUT2D eigenvalue weighted by atomic mass is 10.1. The molecule has 154 valence electrons. The van der Waals surface area contributed by atoms with Crippen LogP contribution < -0.4 is 15.5 Å². The molecule has 0 spiro atoms. The molecule has 0 bridgehead atoms. The van der Waals surface area contributed by atoms with Crippen LogP contribution in [0.1, 0.15) is 30.6 Å². The van der Waals surface area contributed by atoms with Gasteiger partial charge in [-0.1, -0.05) is 37.3 Å². The van der Waals surface area contributed by atoms with Crippen LogP contribution in [0.2, 0.25) is 0 Å². The zero-order chi connectivity index (χ0) is 20.6. The summed E-state index contributed by atoms with van der Waals surface area (Å²) in [6, 6.07) is 16.7. The molecule has 6 heteroatoms. The Balaban J connectivity index is 1.56. The van der Waals surface area contributed by atoms with E-state index in [1.54, 1.807) is 12.1 Å². The van der Waals surface area contributed by atoms with Crippen molar-refractivity contribution in [2.75, 3.05) is 42.9 Å². The molecule has 6 nitrogen and oxygen atoms in total. The molecule has 1 saturated heterocycles. The van der Waals surface area contributed by atoms with Crippen molar-refractivity contribution in [3.05, 3.63) is 60.2 Å². The lowest BCUT2D eigenvalue weighted by Crippen LogP contribution is -2.46. The van der Waals surface area contributed by atoms with Gasteiger partial charge in [0.15, 0.2) is 0 Å².